The molecule has 0 amide bonds. The molecule has 4 rings (SSSR count). The van der Waals surface area contributed by atoms with E-state index < -0.39 is 0 Å². The van der Waals surface area contributed by atoms with Crippen molar-refractivity contribution in [3.8, 4) is 5.75 Å². The molecule has 0 radical (unpaired) electrons. The van der Waals surface area contributed by atoms with Gasteiger partial charge in [-0.1, -0.05) is 31.5 Å². The van der Waals surface area contributed by atoms with Crippen LogP contribution in [0.5, 0.6) is 5.75 Å². The molecule has 1 aliphatic carbocycles. The zero-order valence-corrected chi connectivity index (χ0v) is 18.6. The van der Waals surface area contributed by atoms with Gasteiger partial charge in [0.2, 0.25) is 5.95 Å². The van der Waals surface area contributed by atoms with Gasteiger partial charge >= 0.3 is 0 Å². The Balaban J connectivity index is 1.71. The summed E-state index contributed by atoms with van der Waals surface area (Å²) in [7, 11) is 0. The maximum Gasteiger partial charge on any atom is 0.229 e. The highest BCUT2D eigenvalue weighted by Crippen LogP contribution is 2.38. The summed E-state index contributed by atoms with van der Waals surface area (Å²) in [5, 5.41) is 7.12. The van der Waals surface area contributed by atoms with Gasteiger partial charge in [0.15, 0.2) is 5.78 Å². The van der Waals surface area contributed by atoms with Crippen molar-refractivity contribution in [2.24, 2.45) is 5.41 Å². The van der Waals surface area contributed by atoms with Crippen molar-refractivity contribution >= 4 is 40.5 Å². The molecule has 2 N–H and O–H groups in total. The molecule has 0 fully saturated rings. The Morgan fingerprint density at radius 2 is 1.81 bits per heavy atom. The van der Waals surface area contributed by atoms with Crippen molar-refractivity contribution in [2.75, 3.05) is 17.2 Å². The standard InChI is InChI=1S/C24H25ClN4O2/c1-4-31-18-10-8-16(9-11-18)27-23-28-19-13-24(2,3)14-20(30)21(19)22(29-23)26-17-7-5-6-15(25)12-17/h5-12H,4,13-14H2,1-3H3,(H2,26,27,28,29). The van der Waals surface area contributed by atoms with E-state index in [9.17, 15) is 4.79 Å². The highest BCUT2D eigenvalue weighted by atomic mass is 35.5. The summed E-state index contributed by atoms with van der Waals surface area (Å²) in [6.07, 6.45) is 1.15. The molecule has 7 heteroatoms. The van der Waals surface area contributed by atoms with Crippen LogP contribution >= 0.6 is 11.6 Å². The normalized spacial score (nSPS) is 14.6. The topological polar surface area (TPSA) is 76.1 Å². The molecular formula is C24H25ClN4O2. The minimum atomic E-state index is -0.151. The molecule has 2 aromatic carbocycles. The fraction of sp³-hybridized carbons (Fsp3) is 0.292. The van der Waals surface area contributed by atoms with Crippen LogP contribution in [0.3, 0.4) is 0 Å². The molecule has 6 nitrogen and oxygen atoms in total. The number of carbonyl (C=O) groups excluding carboxylic acids is 1. The number of ketones is 1. The van der Waals surface area contributed by atoms with Crippen LogP contribution in [-0.2, 0) is 6.42 Å². The molecule has 3 aromatic rings. The Morgan fingerprint density at radius 1 is 1.03 bits per heavy atom. The molecule has 0 atom stereocenters. The van der Waals surface area contributed by atoms with Crippen molar-refractivity contribution in [1.82, 2.24) is 9.97 Å². The largest absolute Gasteiger partial charge is 0.494 e. The van der Waals surface area contributed by atoms with Gasteiger partial charge in [-0.25, -0.2) is 4.98 Å². The lowest BCUT2D eigenvalue weighted by Crippen LogP contribution is -2.29. The van der Waals surface area contributed by atoms with Crippen LogP contribution in [0.2, 0.25) is 5.02 Å². The van der Waals surface area contributed by atoms with E-state index in [0.29, 0.717) is 41.8 Å². The summed E-state index contributed by atoms with van der Waals surface area (Å²) in [6, 6.07) is 14.9. The van der Waals surface area contributed by atoms with Crippen LogP contribution in [-0.4, -0.2) is 22.4 Å². The Hall–Kier alpha value is -3.12. The molecule has 0 saturated heterocycles. The Morgan fingerprint density at radius 3 is 2.52 bits per heavy atom. The van der Waals surface area contributed by atoms with Crippen LogP contribution in [0.4, 0.5) is 23.1 Å². The molecule has 0 saturated carbocycles. The van der Waals surface area contributed by atoms with Gasteiger partial charge in [0.05, 0.1) is 17.9 Å². The number of aromatic nitrogens is 2. The van der Waals surface area contributed by atoms with Crippen LogP contribution in [0.25, 0.3) is 0 Å². The summed E-state index contributed by atoms with van der Waals surface area (Å²) in [5.74, 6) is 1.76. The quantitative estimate of drug-likeness (QED) is 0.481. The number of benzene rings is 2. The number of hydrogen-bond acceptors (Lipinski definition) is 6. The van der Waals surface area contributed by atoms with E-state index in [2.05, 4.69) is 29.5 Å². The lowest BCUT2D eigenvalue weighted by atomic mass is 9.75. The van der Waals surface area contributed by atoms with E-state index in [4.69, 9.17) is 21.3 Å². The smallest absolute Gasteiger partial charge is 0.229 e. The molecule has 31 heavy (non-hydrogen) atoms. The molecule has 0 spiro atoms. The van der Waals surface area contributed by atoms with E-state index in [1.54, 1.807) is 12.1 Å². The fourth-order valence-corrected chi connectivity index (χ4v) is 3.94. The highest BCUT2D eigenvalue weighted by Gasteiger charge is 2.35. The number of ether oxygens (including phenoxy) is 1. The van der Waals surface area contributed by atoms with Gasteiger partial charge in [-0.3, -0.25) is 4.79 Å². The number of anilines is 4. The molecule has 0 bridgehead atoms. The molecule has 0 aliphatic heterocycles. The van der Waals surface area contributed by atoms with Gasteiger partial charge in [0, 0.05) is 22.8 Å². The SMILES string of the molecule is CCOc1ccc(Nc2nc3c(c(Nc4cccc(Cl)c4)n2)C(=O)CC(C)(C)C3)cc1. The Kier molecular flexibility index (Phi) is 5.83. The third-order valence-corrected chi connectivity index (χ3v) is 5.29. The minimum absolute atomic E-state index is 0.0448. The van der Waals surface area contributed by atoms with Crippen molar-refractivity contribution in [3.63, 3.8) is 0 Å². The van der Waals surface area contributed by atoms with Crippen LogP contribution in [0.15, 0.2) is 48.5 Å². The van der Waals surface area contributed by atoms with Gasteiger partial charge in [-0.15, -0.1) is 0 Å². The summed E-state index contributed by atoms with van der Waals surface area (Å²) in [4.78, 5) is 22.3. The first-order valence-corrected chi connectivity index (χ1v) is 10.7. The van der Waals surface area contributed by atoms with Gasteiger partial charge < -0.3 is 15.4 Å². The predicted molar refractivity (Wildman–Crippen MR) is 124 cm³/mol. The van der Waals surface area contributed by atoms with Gasteiger partial charge in [0.25, 0.3) is 0 Å². The summed E-state index contributed by atoms with van der Waals surface area (Å²) >= 11 is 6.13. The number of halogens is 1. The van der Waals surface area contributed by atoms with Gasteiger partial charge in [0.1, 0.15) is 11.6 Å². The van der Waals surface area contributed by atoms with Gasteiger partial charge in [-0.2, -0.15) is 4.98 Å². The highest BCUT2D eigenvalue weighted by molar-refractivity contribution is 6.30. The monoisotopic (exact) mass is 436 g/mol. The maximum atomic E-state index is 13.0. The van der Waals surface area contributed by atoms with E-state index in [0.717, 1.165) is 22.8 Å². The number of hydrogen-bond donors (Lipinski definition) is 2. The van der Waals surface area contributed by atoms with E-state index in [-0.39, 0.29) is 11.2 Å². The average Bonchev–Trinajstić information content (AvgIpc) is 2.68. The number of fused-ring (bicyclic) bond motifs is 1. The Labute approximate surface area is 187 Å². The summed E-state index contributed by atoms with van der Waals surface area (Å²) < 4.78 is 5.50. The van der Waals surface area contributed by atoms with Crippen LogP contribution < -0.4 is 15.4 Å². The first-order chi connectivity index (χ1) is 14.8. The zero-order chi connectivity index (χ0) is 22.0. The number of nitrogens with one attached hydrogen (secondary N) is 2. The van der Waals surface area contributed by atoms with Crippen molar-refractivity contribution < 1.29 is 9.53 Å². The number of nitrogens with zero attached hydrogens (tertiary/aromatic N) is 2. The molecule has 1 aliphatic rings. The van der Waals surface area contributed by atoms with Crippen molar-refractivity contribution in [2.45, 2.75) is 33.6 Å². The molecule has 0 unspecified atom stereocenters. The summed E-state index contributed by atoms with van der Waals surface area (Å²) in [5.41, 5.74) is 2.74. The fourth-order valence-electron chi connectivity index (χ4n) is 3.75. The van der Waals surface area contributed by atoms with E-state index in [1.807, 2.05) is 43.3 Å². The lowest BCUT2D eigenvalue weighted by molar-refractivity contribution is 0.0911. The van der Waals surface area contributed by atoms with Crippen LogP contribution in [0.1, 0.15) is 43.2 Å². The number of rotatable bonds is 6. The lowest BCUT2D eigenvalue weighted by Gasteiger charge is -2.30. The Bertz CT molecular complexity index is 1110. The van der Waals surface area contributed by atoms with Crippen molar-refractivity contribution in [1.29, 1.82) is 0 Å². The average molecular weight is 437 g/mol. The molecule has 1 heterocycles. The number of Topliss-reactive ketones (excluding diaryl/α,β-unsaturated/α-hetero) is 1. The second kappa shape index (κ2) is 8.55. The third kappa shape index (κ3) is 4.97. The summed E-state index contributed by atoms with van der Waals surface area (Å²) in [6.45, 7) is 6.73. The zero-order valence-electron chi connectivity index (χ0n) is 17.8. The predicted octanol–water partition coefficient (Wildman–Crippen LogP) is 6.17. The van der Waals surface area contributed by atoms with Crippen molar-refractivity contribution in [3.05, 3.63) is 64.8 Å². The second-order valence-corrected chi connectivity index (χ2v) is 8.81. The van der Waals surface area contributed by atoms with Gasteiger partial charge in [-0.05, 0) is 61.2 Å². The van der Waals surface area contributed by atoms with Crippen LogP contribution in [0, 0.1) is 5.41 Å². The number of carbonyl (C=O) groups is 1. The van der Waals surface area contributed by atoms with E-state index in [1.165, 1.54) is 0 Å². The molecule has 160 valence electrons. The second-order valence-electron chi connectivity index (χ2n) is 8.38. The minimum Gasteiger partial charge on any atom is -0.494 e. The first kappa shape index (κ1) is 21.1. The van der Waals surface area contributed by atoms with E-state index >= 15 is 0 Å². The maximum absolute atomic E-state index is 13.0. The third-order valence-electron chi connectivity index (χ3n) is 5.06. The molecule has 1 aromatic heterocycles. The molecular weight excluding hydrogens is 412 g/mol. The first-order valence-electron chi connectivity index (χ1n) is 10.3.